The number of aryl methyl sites for hydroxylation is 1. The van der Waals surface area contributed by atoms with Crippen molar-refractivity contribution in [1.29, 1.82) is 0 Å². The van der Waals surface area contributed by atoms with Crippen LogP contribution in [-0.4, -0.2) is 17.7 Å². The monoisotopic (exact) mass is 408 g/mol. The molecule has 0 spiro atoms. The van der Waals surface area contributed by atoms with Gasteiger partial charge in [-0.1, -0.05) is 39.7 Å². The number of carbonyl (C=O) groups is 1. The summed E-state index contributed by atoms with van der Waals surface area (Å²) in [6, 6.07) is 13.0. The van der Waals surface area contributed by atoms with Crippen molar-refractivity contribution in [3.63, 3.8) is 0 Å². The first-order valence-corrected chi connectivity index (χ1v) is 8.57. The van der Waals surface area contributed by atoms with Gasteiger partial charge in [-0.2, -0.15) is 5.10 Å². The minimum absolute atomic E-state index is 0.321. The molecule has 1 atom stereocenters. The number of halogens is 2. The molecule has 0 aliphatic heterocycles. The van der Waals surface area contributed by atoms with Crippen LogP contribution >= 0.6 is 27.5 Å². The number of rotatable bonds is 5. The van der Waals surface area contributed by atoms with Gasteiger partial charge in [0.25, 0.3) is 5.91 Å². The Kier molecular flexibility index (Phi) is 6.40. The molecule has 1 N–H and O–H groups in total. The van der Waals surface area contributed by atoms with E-state index in [0.29, 0.717) is 16.5 Å². The maximum Gasteiger partial charge on any atom is 0.280 e. The maximum absolute atomic E-state index is 12.1. The van der Waals surface area contributed by atoms with Crippen LogP contribution < -0.4 is 10.2 Å². The molecule has 2 aromatic rings. The van der Waals surface area contributed by atoms with Crippen LogP contribution in [-0.2, 0) is 4.79 Å². The smallest absolute Gasteiger partial charge is 0.280 e. The molecule has 0 aromatic heterocycles. The van der Waals surface area contributed by atoms with Gasteiger partial charge in [0.15, 0.2) is 6.10 Å². The van der Waals surface area contributed by atoms with Gasteiger partial charge in [-0.3, -0.25) is 4.79 Å². The normalized spacial score (nSPS) is 12.6. The van der Waals surface area contributed by atoms with E-state index in [4.69, 9.17) is 16.3 Å². The lowest BCUT2D eigenvalue weighted by atomic mass is 10.1. The van der Waals surface area contributed by atoms with Crippen molar-refractivity contribution in [3.8, 4) is 5.75 Å². The van der Waals surface area contributed by atoms with Crippen molar-refractivity contribution in [2.45, 2.75) is 26.9 Å². The van der Waals surface area contributed by atoms with Gasteiger partial charge in [0.05, 0.1) is 5.71 Å². The lowest BCUT2D eigenvalue weighted by Gasteiger charge is -2.15. The van der Waals surface area contributed by atoms with E-state index in [2.05, 4.69) is 26.5 Å². The molecule has 0 saturated carbocycles. The van der Waals surface area contributed by atoms with Gasteiger partial charge in [0.1, 0.15) is 5.75 Å². The first kappa shape index (κ1) is 18.5. The molecule has 2 rings (SSSR count). The molecule has 1 unspecified atom stereocenters. The van der Waals surface area contributed by atoms with Crippen LogP contribution in [0.25, 0.3) is 0 Å². The number of amides is 1. The third kappa shape index (κ3) is 5.08. The summed E-state index contributed by atoms with van der Waals surface area (Å²) >= 11 is 9.32. The highest BCUT2D eigenvalue weighted by Gasteiger charge is 2.15. The van der Waals surface area contributed by atoms with E-state index in [-0.39, 0.29) is 5.91 Å². The van der Waals surface area contributed by atoms with Crippen LogP contribution in [0.2, 0.25) is 5.02 Å². The van der Waals surface area contributed by atoms with Crippen molar-refractivity contribution in [2.24, 2.45) is 5.10 Å². The van der Waals surface area contributed by atoms with Crippen molar-refractivity contribution in [3.05, 3.63) is 63.1 Å². The standard InChI is InChI=1S/C18H18BrClN2O2/c1-11-9-16(20)7-8-17(11)24-13(3)18(23)22-21-12(2)14-5-4-6-15(19)10-14/h4-10,13H,1-3H3,(H,22,23)/b21-12+. The van der Waals surface area contributed by atoms with Gasteiger partial charge in [0.2, 0.25) is 0 Å². The number of hydrogen-bond acceptors (Lipinski definition) is 3. The Balaban J connectivity index is 1.99. The zero-order valence-corrected chi connectivity index (χ0v) is 16.0. The molecule has 4 nitrogen and oxygen atoms in total. The first-order chi connectivity index (χ1) is 11.4. The van der Waals surface area contributed by atoms with Crippen LogP contribution in [0.15, 0.2) is 52.0 Å². The van der Waals surface area contributed by atoms with E-state index in [1.165, 1.54) is 0 Å². The van der Waals surface area contributed by atoms with Gasteiger partial charge in [-0.05, 0) is 62.2 Å². The van der Waals surface area contributed by atoms with E-state index in [9.17, 15) is 4.79 Å². The minimum atomic E-state index is -0.677. The Hall–Kier alpha value is -1.85. The predicted molar refractivity (Wildman–Crippen MR) is 101 cm³/mol. The van der Waals surface area contributed by atoms with Crippen LogP contribution in [0.1, 0.15) is 25.0 Å². The summed E-state index contributed by atoms with van der Waals surface area (Å²) in [7, 11) is 0. The summed E-state index contributed by atoms with van der Waals surface area (Å²) in [5.41, 5.74) is 5.04. The van der Waals surface area contributed by atoms with Crippen LogP contribution in [0.3, 0.4) is 0 Å². The van der Waals surface area contributed by atoms with Crippen molar-refractivity contribution < 1.29 is 9.53 Å². The Morgan fingerprint density at radius 2 is 2.04 bits per heavy atom. The van der Waals surface area contributed by atoms with Gasteiger partial charge < -0.3 is 4.74 Å². The highest BCUT2D eigenvalue weighted by Crippen LogP contribution is 2.22. The maximum atomic E-state index is 12.1. The second kappa shape index (κ2) is 8.31. The van der Waals surface area contributed by atoms with Crippen LogP contribution in [0.5, 0.6) is 5.75 Å². The number of carbonyl (C=O) groups excluding carboxylic acids is 1. The molecule has 0 aliphatic carbocycles. The SMILES string of the molecule is C/C(=N\NC(=O)C(C)Oc1ccc(Cl)cc1C)c1cccc(Br)c1. The highest BCUT2D eigenvalue weighted by molar-refractivity contribution is 9.10. The number of nitrogens with zero attached hydrogens (tertiary/aromatic N) is 1. The minimum Gasteiger partial charge on any atom is -0.481 e. The topological polar surface area (TPSA) is 50.7 Å². The fraction of sp³-hybridized carbons (Fsp3) is 0.222. The number of hydrazone groups is 1. The second-order valence-electron chi connectivity index (χ2n) is 5.35. The molecular formula is C18H18BrClN2O2. The number of benzene rings is 2. The molecule has 2 aromatic carbocycles. The fourth-order valence-electron chi connectivity index (χ4n) is 2.00. The number of ether oxygens (including phenoxy) is 1. The lowest BCUT2D eigenvalue weighted by molar-refractivity contribution is -0.127. The van der Waals surface area contributed by atoms with Gasteiger partial charge in [0, 0.05) is 9.50 Å². The third-order valence-electron chi connectivity index (χ3n) is 3.39. The average Bonchev–Trinajstić information content (AvgIpc) is 2.54. The van der Waals surface area contributed by atoms with E-state index in [0.717, 1.165) is 15.6 Å². The number of nitrogens with one attached hydrogen (secondary N) is 1. The molecule has 0 saturated heterocycles. The molecule has 0 radical (unpaired) electrons. The van der Waals surface area contributed by atoms with Crippen molar-refractivity contribution in [1.82, 2.24) is 5.43 Å². The zero-order chi connectivity index (χ0) is 17.7. The summed E-state index contributed by atoms with van der Waals surface area (Å²) in [6.45, 7) is 5.38. The zero-order valence-electron chi connectivity index (χ0n) is 13.6. The molecular weight excluding hydrogens is 392 g/mol. The molecule has 0 fully saturated rings. The average molecular weight is 410 g/mol. The molecule has 0 heterocycles. The summed E-state index contributed by atoms with van der Waals surface area (Å²) in [6.07, 6.45) is -0.677. The van der Waals surface area contributed by atoms with Crippen LogP contribution in [0.4, 0.5) is 0 Å². The van der Waals surface area contributed by atoms with Crippen molar-refractivity contribution in [2.75, 3.05) is 0 Å². The first-order valence-electron chi connectivity index (χ1n) is 7.39. The van der Waals surface area contributed by atoms with Gasteiger partial charge in [-0.15, -0.1) is 0 Å². The molecule has 1 amide bonds. The van der Waals surface area contributed by atoms with E-state index < -0.39 is 6.10 Å². The fourth-order valence-corrected chi connectivity index (χ4v) is 2.62. The molecule has 6 heteroatoms. The molecule has 0 aliphatic rings. The molecule has 126 valence electrons. The third-order valence-corrected chi connectivity index (χ3v) is 4.11. The van der Waals surface area contributed by atoms with E-state index >= 15 is 0 Å². The summed E-state index contributed by atoms with van der Waals surface area (Å²) in [4.78, 5) is 12.1. The Labute approximate surface area is 155 Å². The molecule has 24 heavy (non-hydrogen) atoms. The van der Waals surface area contributed by atoms with E-state index in [1.807, 2.05) is 38.1 Å². The quantitative estimate of drug-likeness (QED) is 0.574. The Bertz CT molecular complexity index is 777. The predicted octanol–water partition coefficient (Wildman–Crippen LogP) is 4.72. The highest BCUT2D eigenvalue weighted by atomic mass is 79.9. The van der Waals surface area contributed by atoms with Gasteiger partial charge >= 0.3 is 0 Å². The van der Waals surface area contributed by atoms with E-state index in [1.54, 1.807) is 25.1 Å². The second-order valence-corrected chi connectivity index (χ2v) is 6.71. The van der Waals surface area contributed by atoms with Gasteiger partial charge in [-0.25, -0.2) is 5.43 Å². The molecule has 0 bridgehead atoms. The van der Waals surface area contributed by atoms with Crippen molar-refractivity contribution >= 4 is 39.1 Å². The summed E-state index contributed by atoms with van der Waals surface area (Å²) < 4.78 is 6.63. The Morgan fingerprint density at radius 3 is 2.71 bits per heavy atom. The summed E-state index contributed by atoms with van der Waals surface area (Å²) in [5, 5.41) is 4.76. The lowest BCUT2D eigenvalue weighted by Crippen LogP contribution is -2.34. The largest absolute Gasteiger partial charge is 0.481 e. The Morgan fingerprint density at radius 1 is 1.29 bits per heavy atom. The summed E-state index contributed by atoms with van der Waals surface area (Å²) in [5.74, 6) is 0.299. The number of hydrogen-bond donors (Lipinski definition) is 1. The van der Waals surface area contributed by atoms with Crippen LogP contribution in [0, 0.1) is 6.92 Å².